The molecule has 0 radical (unpaired) electrons. The molecule has 5 heteroatoms. The Morgan fingerprint density at radius 2 is 2.29 bits per heavy atom. The Bertz CT molecular complexity index is 255. The molecule has 0 aromatic rings. The van der Waals surface area contributed by atoms with Crippen molar-refractivity contribution < 1.29 is 19.4 Å². The van der Waals surface area contributed by atoms with Crippen LogP contribution in [0.2, 0.25) is 0 Å². The molecule has 1 N–H and O–H groups in total. The zero-order valence-electron chi connectivity index (χ0n) is 7.76. The number of nitrogens with zero attached hydrogens (tertiary/aromatic N) is 1. The Balaban J connectivity index is 2.06. The van der Waals surface area contributed by atoms with Crippen LogP contribution in [0.4, 0.5) is 4.79 Å². The van der Waals surface area contributed by atoms with Crippen LogP contribution in [-0.4, -0.2) is 41.3 Å². The second-order valence-corrected chi connectivity index (χ2v) is 3.95. The lowest BCUT2D eigenvalue weighted by molar-refractivity contribution is -0.126. The third-order valence-corrected chi connectivity index (χ3v) is 3.13. The van der Waals surface area contributed by atoms with Gasteiger partial charge in [0, 0.05) is 6.54 Å². The van der Waals surface area contributed by atoms with E-state index < -0.39 is 12.2 Å². The number of carbonyl (C=O) groups is 2. The summed E-state index contributed by atoms with van der Waals surface area (Å²) in [5.74, 6) is 0.356. The average molecular weight is 199 g/mol. The molecule has 5 nitrogen and oxygen atoms in total. The van der Waals surface area contributed by atoms with E-state index in [0.717, 1.165) is 19.3 Å². The number of hydrogen-bond acceptors (Lipinski definition) is 4. The van der Waals surface area contributed by atoms with Gasteiger partial charge in [-0.15, -0.1) is 0 Å². The summed E-state index contributed by atoms with van der Waals surface area (Å²) >= 11 is 0. The molecule has 2 saturated heterocycles. The molecule has 1 aliphatic carbocycles. The summed E-state index contributed by atoms with van der Waals surface area (Å²) < 4.78 is 4.28. The van der Waals surface area contributed by atoms with Crippen molar-refractivity contribution in [2.45, 2.75) is 31.4 Å². The molecule has 0 spiro atoms. The molecule has 3 fully saturated rings. The third kappa shape index (κ3) is 1.48. The molecule has 3 atom stereocenters. The monoisotopic (exact) mass is 199 g/mol. The summed E-state index contributed by atoms with van der Waals surface area (Å²) in [4.78, 5) is 22.8. The van der Waals surface area contributed by atoms with Crippen LogP contribution in [0.5, 0.6) is 0 Å². The van der Waals surface area contributed by atoms with E-state index in [1.807, 2.05) is 0 Å². The fourth-order valence-electron chi connectivity index (χ4n) is 2.48. The van der Waals surface area contributed by atoms with Gasteiger partial charge in [0.15, 0.2) is 0 Å². The van der Waals surface area contributed by atoms with Gasteiger partial charge in [0.1, 0.15) is 0 Å². The predicted molar refractivity (Wildman–Crippen MR) is 46.4 cm³/mol. The minimum atomic E-state index is -0.631. The van der Waals surface area contributed by atoms with E-state index in [1.165, 1.54) is 4.90 Å². The largest absolute Gasteiger partial charge is 0.417 e. The van der Waals surface area contributed by atoms with E-state index in [1.54, 1.807) is 0 Å². The lowest BCUT2D eigenvalue weighted by Crippen LogP contribution is -2.57. The lowest BCUT2D eigenvalue weighted by Gasteiger charge is -2.46. The molecule has 0 aromatic heterocycles. The van der Waals surface area contributed by atoms with Crippen LogP contribution < -0.4 is 0 Å². The smallest absolute Gasteiger partial charge is 0.391 e. The highest BCUT2D eigenvalue weighted by Crippen LogP contribution is 2.35. The number of piperidine rings is 2. The van der Waals surface area contributed by atoms with E-state index in [-0.39, 0.29) is 12.5 Å². The van der Waals surface area contributed by atoms with Crippen molar-refractivity contribution >= 4 is 12.6 Å². The molecule has 3 aliphatic rings. The first kappa shape index (κ1) is 9.45. The molecule has 1 amide bonds. The quantitative estimate of drug-likeness (QED) is 0.481. The van der Waals surface area contributed by atoms with Crippen LogP contribution in [0.25, 0.3) is 0 Å². The van der Waals surface area contributed by atoms with Gasteiger partial charge in [0.25, 0.3) is 0 Å². The first-order valence-electron chi connectivity index (χ1n) is 4.81. The number of carbonyl (C=O) groups excluding carboxylic acids is 2. The van der Waals surface area contributed by atoms with Gasteiger partial charge in [-0.2, -0.15) is 0 Å². The highest BCUT2D eigenvalue weighted by molar-refractivity contribution is 5.75. The van der Waals surface area contributed by atoms with E-state index in [9.17, 15) is 14.7 Å². The molecule has 3 rings (SSSR count). The Hall–Kier alpha value is -1.10. The van der Waals surface area contributed by atoms with Gasteiger partial charge in [0.05, 0.1) is 12.1 Å². The first-order chi connectivity index (χ1) is 6.72. The van der Waals surface area contributed by atoms with Crippen molar-refractivity contribution in [3.8, 4) is 0 Å². The summed E-state index contributed by atoms with van der Waals surface area (Å²) in [5, 5.41) is 9.65. The lowest BCUT2D eigenvalue weighted by atomic mass is 9.78. The fraction of sp³-hybridized carbons (Fsp3) is 0.778. The maximum Gasteiger partial charge on any atom is 0.417 e. The molecule has 78 valence electrons. The number of hydrogen-bond donors (Lipinski definition) is 1. The molecule has 14 heavy (non-hydrogen) atoms. The standard InChI is InChI=1S/C9H13NO4/c11-5-14-9(13)10-4-6-1-2-7(10)8(12)3-6/h5-8,12H,1-4H2. The molecule has 2 heterocycles. The molecule has 0 aromatic carbocycles. The van der Waals surface area contributed by atoms with Crippen molar-refractivity contribution in [3.63, 3.8) is 0 Å². The molecular formula is C9H13NO4. The number of aliphatic hydroxyl groups excluding tert-OH is 1. The van der Waals surface area contributed by atoms with Gasteiger partial charge < -0.3 is 14.7 Å². The number of amides is 1. The molecule has 2 aliphatic heterocycles. The Labute approximate surface area is 81.6 Å². The van der Waals surface area contributed by atoms with E-state index in [2.05, 4.69) is 4.74 Å². The molecule has 2 bridgehead atoms. The second kappa shape index (κ2) is 3.57. The van der Waals surface area contributed by atoms with Gasteiger partial charge >= 0.3 is 12.6 Å². The summed E-state index contributed by atoms with van der Waals surface area (Å²) in [5.41, 5.74) is 0. The highest BCUT2D eigenvalue weighted by Gasteiger charge is 2.42. The Morgan fingerprint density at radius 1 is 1.50 bits per heavy atom. The van der Waals surface area contributed by atoms with Crippen molar-refractivity contribution in [2.75, 3.05) is 6.54 Å². The minimum Gasteiger partial charge on any atom is -0.391 e. The Morgan fingerprint density at radius 3 is 2.86 bits per heavy atom. The van der Waals surface area contributed by atoms with Crippen LogP contribution in [0, 0.1) is 5.92 Å². The minimum absolute atomic E-state index is 0.136. The van der Waals surface area contributed by atoms with Crippen molar-refractivity contribution in [2.24, 2.45) is 5.92 Å². The van der Waals surface area contributed by atoms with E-state index in [0.29, 0.717) is 12.5 Å². The molecule has 1 saturated carbocycles. The van der Waals surface area contributed by atoms with Gasteiger partial charge in [-0.25, -0.2) is 4.79 Å². The van der Waals surface area contributed by atoms with Gasteiger partial charge in [-0.05, 0) is 25.2 Å². The average Bonchev–Trinajstić information content (AvgIpc) is 2.18. The third-order valence-electron chi connectivity index (χ3n) is 3.13. The summed E-state index contributed by atoms with van der Waals surface area (Å²) in [6, 6.07) is -0.160. The van der Waals surface area contributed by atoms with Gasteiger partial charge in [-0.1, -0.05) is 0 Å². The zero-order chi connectivity index (χ0) is 10.1. The summed E-state index contributed by atoms with van der Waals surface area (Å²) in [6.07, 6.45) is 1.53. The first-order valence-corrected chi connectivity index (χ1v) is 4.81. The van der Waals surface area contributed by atoms with Crippen molar-refractivity contribution in [1.82, 2.24) is 4.90 Å². The van der Waals surface area contributed by atoms with Crippen LogP contribution in [0.3, 0.4) is 0 Å². The van der Waals surface area contributed by atoms with Crippen LogP contribution in [-0.2, 0) is 9.53 Å². The second-order valence-electron chi connectivity index (χ2n) is 3.95. The van der Waals surface area contributed by atoms with Crippen LogP contribution in [0.15, 0.2) is 0 Å². The predicted octanol–water partition coefficient (Wildman–Crippen LogP) is 0.125. The maximum atomic E-state index is 11.3. The fourth-order valence-corrected chi connectivity index (χ4v) is 2.48. The summed E-state index contributed by atoms with van der Waals surface area (Å²) in [6.45, 7) is 0.741. The molecule has 3 unspecified atom stereocenters. The summed E-state index contributed by atoms with van der Waals surface area (Å²) in [7, 11) is 0. The number of fused-ring (bicyclic) bond motifs is 3. The normalized spacial score (nSPS) is 35.5. The van der Waals surface area contributed by atoms with Crippen LogP contribution in [0.1, 0.15) is 19.3 Å². The SMILES string of the molecule is O=COC(=O)N1CC2CCC1C(O)C2. The Kier molecular flexibility index (Phi) is 2.41. The van der Waals surface area contributed by atoms with Crippen molar-refractivity contribution in [3.05, 3.63) is 0 Å². The zero-order valence-corrected chi connectivity index (χ0v) is 7.76. The van der Waals surface area contributed by atoms with E-state index >= 15 is 0 Å². The van der Waals surface area contributed by atoms with Gasteiger partial charge in [-0.3, -0.25) is 4.79 Å². The number of aliphatic hydroxyl groups is 1. The maximum absolute atomic E-state index is 11.3. The highest BCUT2D eigenvalue weighted by atomic mass is 16.6. The topological polar surface area (TPSA) is 66.8 Å². The van der Waals surface area contributed by atoms with Crippen molar-refractivity contribution in [1.29, 1.82) is 0 Å². The number of rotatable bonds is 1. The molecular weight excluding hydrogens is 186 g/mol. The van der Waals surface area contributed by atoms with Crippen LogP contribution >= 0.6 is 0 Å². The number of ether oxygens (including phenoxy) is 1. The van der Waals surface area contributed by atoms with E-state index in [4.69, 9.17) is 0 Å². The van der Waals surface area contributed by atoms with Gasteiger partial charge in [0.2, 0.25) is 0 Å².